The van der Waals surface area contributed by atoms with Gasteiger partial charge in [-0.15, -0.1) is 0 Å². The number of nitrogens with one attached hydrogen (secondary N) is 1. The number of aryl methyl sites for hydroxylation is 1. The van der Waals surface area contributed by atoms with E-state index in [4.69, 9.17) is 14.2 Å². The Balaban J connectivity index is 1.38. The van der Waals surface area contributed by atoms with Crippen molar-refractivity contribution in [1.82, 2.24) is 19.9 Å². The van der Waals surface area contributed by atoms with Gasteiger partial charge in [0.15, 0.2) is 17.2 Å². The molecule has 166 valence electrons. The van der Waals surface area contributed by atoms with Gasteiger partial charge in [0.25, 0.3) is 0 Å². The number of fused-ring (bicyclic) bond motifs is 2. The Morgan fingerprint density at radius 3 is 2.72 bits per heavy atom. The zero-order chi connectivity index (χ0) is 21.9. The number of aromatic nitrogens is 3. The third-order valence-corrected chi connectivity index (χ3v) is 6.07. The maximum Gasteiger partial charge on any atom is 0.230 e. The van der Waals surface area contributed by atoms with E-state index in [9.17, 15) is 0 Å². The summed E-state index contributed by atoms with van der Waals surface area (Å²) in [5.41, 5.74) is 2.89. The van der Waals surface area contributed by atoms with Crippen molar-refractivity contribution in [3.05, 3.63) is 48.4 Å². The van der Waals surface area contributed by atoms with E-state index < -0.39 is 0 Å². The van der Waals surface area contributed by atoms with Crippen LogP contribution in [0.4, 0.5) is 0 Å². The van der Waals surface area contributed by atoms with Crippen LogP contribution in [0, 0.1) is 6.92 Å². The fourth-order valence-corrected chi connectivity index (χ4v) is 4.34. The van der Waals surface area contributed by atoms with Gasteiger partial charge in [-0.25, -0.2) is 9.97 Å². The van der Waals surface area contributed by atoms with Crippen LogP contribution in [0.5, 0.6) is 23.1 Å². The number of aromatic amines is 1. The van der Waals surface area contributed by atoms with Crippen LogP contribution in [0.15, 0.2) is 42.9 Å². The molecule has 0 saturated carbocycles. The number of nitrogens with zero attached hydrogens (tertiary/aromatic N) is 3. The normalized spacial score (nSPS) is 14.3. The van der Waals surface area contributed by atoms with Gasteiger partial charge in [-0.2, -0.15) is 0 Å². The van der Waals surface area contributed by atoms with E-state index in [1.54, 1.807) is 7.11 Å². The molecule has 32 heavy (non-hydrogen) atoms. The molecule has 1 aliphatic heterocycles. The molecule has 0 atom stereocenters. The van der Waals surface area contributed by atoms with E-state index in [0.29, 0.717) is 24.0 Å². The topological polar surface area (TPSA) is 72.5 Å². The SMILES string of the molecule is COc1cc2c(Oc3ccc(C)c4cc[nH]c34)ncnc2cc1OCCCN1CCCC1. The van der Waals surface area contributed by atoms with Crippen molar-refractivity contribution in [3.8, 4) is 23.1 Å². The average molecular weight is 433 g/mol. The summed E-state index contributed by atoms with van der Waals surface area (Å²) in [4.78, 5) is 14.6. The molecule has 0 aliphatic carbocycles. The minimum absolute atomic E-state index is 0.480. The monoisotopic (exact) mass is 432 g/mol. The first kappa shape index (κ1) is 20.6. The molecule has 4 aromatic rings. The zero-order valence-corrected chi connectivity index (χ0v) is 18.6. The Hall–Kier alpha value is -3.32. The third-order valence-electron chi connectivity index (χ3n) is 6.07. The minimum Gasteiger partial charge on any atom is -0.493 e. The first-order valence-corrected chi connectivity index (χ1v) is 11.2. The highest BCUT2D eigenvalue weighted by molar-refractivity contribution is 5.90. The maximum atomic E-state index is 6.23. The highest BCUT2D eigenvalue weighted by atomic mass is 16.5. The van der Waals surface area contributed by atoms with Crippen molar-refractivity contribution < 1.29 is 14.2 Å². The number of ether oxygens (including phenoxy) is 3. The highest BCUT2D eigenvalue weighted by Gasteiger charge is 2.15. The van der Waals surface area contributed by atoms with Crippen molar-refractivity contribution in [3.63, 3.8) is 0 Å². The quantitative estimate of drug-likeness (QED) is 0.391. The fraction of sp³-hybridized carbons (Fsp3) is 0.360. The largest absolute Gasteiger partial charge is 0.493 e. The molecule has 0 radical (unpaired) electrons. The molecule has 0 bridgehead atoms. The van der Waals surface area contributed by atoms with Crippen LogP contribution in [0.2, 0.25) is 0 Å². The number of benzene rings is 2. The summed E-state index contributed by atoms with van der Waals surface area (Å²) in [7, 11) is 1.64. The number of rotatable bonds is 8. The summed E-state index contributed by atoms with van der Waals surface area (Å²) in [5.74, 6) is 2.53. The lowest BCUT2D eigenvalue weighted by Crippen LogP contribution is -2.21. The Morgan fingerprint density at radius 2 is 1.88 bits per heavy atom. The van der Waals surface area contributed by atoms with Crippen LogP contribution < -0.4 is 14.2 Å². The second-order valence-corrected chi connectivity index (χ2v) is 8.20. The molecule has 1 saturated heterocycles. The van der Waals surface area contributed by atoms with Crippen LogP contribution >= 0.6 is 0 Å². The molecule has 0 amide bonds. The molecule has 1 aliphatic rings. The summed E-state index contributed by atoms with van der Waals surface area (Å²) < 4.78 is 17.9. The van der Waals surface area contributed by atoms with Gasteiger partial charge in [-0.1, -0.05) is 6.07 Å². The molecule has 1 fully saturated rings. The number of hydrogen-bond donors (Lipinski definition) is 1. The summed E-state index contributed by atoms with van der Waals surface area (Å²) in [6, 6.07) is 9.84. The number of H-pyrrole nitrogens is 1. The van der Waals surface area contributed by atoms with Gasteiger partial charge in [0.05, 0.1) is 30.1 Å². The van der Waals surface area contributed by atoms with Gasteiger partial charge in [0.1, 0.15) is 6.33 Å². The Kier molecular flexibility index (Phi) is 5.81. The predicted octanol–water partition coefficient (Wildman–Crippen LogP) is 5.09. The molecule has 7 heteroatoms. The fourth-order valence-electron chi connectivity index (χ4n) is 4.34. The summed E-state index contributed by atoms with van der Waals surface area (Å²) in [6.45, 7) is 6.20. The smallest absolute Gasteiger partial charge is 0.230 e. The van der Waals surface area contributed by atoms with E-state index >= 15 is 0 Å². The van der Waals surface area contributed by atoms with Crippen LogP contribution in [0.1, 0.15) is 24.8 Å². The van der Waals surface area contributed by atoms with E-state index in [0.717, 1.165) is 40.5 Å². The van der Waals surface area contributed by atoms with Crippen LogP contribution in [-0.4, -0.2) is 53.2 Å². The molecule has 3 heterocycles. The summed E-state index contributed by atoms with van der Waals surface area (Å²) >= 11 is 0. The lowest BCUT2D eigenvalue weighted by atomic mass is 10.1. The van der Waals surface area contributed by atoms with Crippen molar-refractivity contribution in [2.24, 2.45) is 0 Å². The molecule has 1 N–H and O–H groups in total. The van der Waals surface area contributed by atoms with Gasteiger partial charge >= 0.3 is 0 Å². The lowest BCUT2D eigenvalue weighted by molar-refractivity contribution is 0.254. The second-order valence-electron chi connectivity index (χ2n) is 8.20. The first-order chi connectivity index (χ1) is 15.7. The minimum atomic E-state index is 0.480. The predicted molar refractivity (Wildman–Crippen MR) is 125 cm³/mol. The van der Waals surface area contributed by atoms with Gasteiger partial charge in [0.2, 0.25) is 5.88 Å². The molecular formula is C25H28N4O3. The molecule has 2 aromatic carbocycles. The van der Waals surface area contributed by atoms with E-state index in [1.165, 1.54) is 37.8 Å². The van der Waals surface area contributed by atoms with Crippen LogP contribution in [0.3, 0.4) is 0 Å². The van der Waals surface area contributed by atoms with E-state index in [2.05, 4.69) is 26.8 Å². The molecule has 5 rings (SSSR count). The second kappa shape index (κ2) is 9.04. The third kappa shape index (κ3) is 4.08. The summed E-state index contributed by atoms with van der Waals surface area (Å²) in [5, 5.41) is 1.90. The van der Waals surface area contributed by atoms with Gasteiger partial charge in [-0.3, -0.25) is 0 Å². The van der Waals surface area contributed by atoms with Gasteiger partial charge in [-0.05, 0) is 63.0 Å². The number of methoxy groups -OCH3 is 1. The number of likely N-dealkylation sites (tertiary alicyclic amines) is 1. The van der Waals surface area contributed by atoms with Gasteiger partial charge < -0.3 is 24.1 Å². The molecule has 0 spiro atoms. The molecule has 7 nitrogen and oxygen atoms in total. The average Bonchev–Trinajstić information content (AvgIpc) is 3.51. The first-order valence-electron chi connectivity index (χ1n) is 11.2. The van der Waals surface area contributed by atoms with E-state index in [-0.39, 0.29) is 0 Å². The van der Waals surface area contributed by atoms with Crippen LogP contribution in [-0.2, 0) is 0 Å². The van der Waals surface area contributed by atoms with E-state index in [1.807, 2.05) is 36.5 Å². The van der Waals surface area contributed by atoms with Crippen molar-refractivity contribution in [2.75, 3.05) is 33.4 Å². The number of hydrogen-bond acceptors (Lipinski definition) is 6. The molecule has 0 unspecified atom stereocenters. The Morgan fingerprint density at radius 1 is 1.00 bits per heavy atom. The maximum absolute atomic E-state index is 6.23. The molecule has 2 aromatic heterocycles. The highest BCUT2D eigenvalue weighted by Crippen LogP contribution is 2.37. The lowest BCUT2D eigenvalue weighted by Gasteiger charge is -2.16. The summed E-state index contributed by atoms with van der Waals surface area (Å²) in [6.07, 6.45) is 7.03. The van der Waals surface area contributed by atoms with Crippen molar-refractivity contribution >= 4 is 21.8 Å². The van der Waals surface area contributed by atoms with Crippen molar-refractivity contribution in [2.45, 2.75) is 26.2 Å². The van der Waals surface area contributed by atoms with Crippen molar-refractivity contribution in [1.29, 1.82) is 0 Å². The Bertz CT molecular complexity index is 1230. The zero-order valence-electron chi connectivity index (χ0n) is 18.6. The standard InChI is InChI=1S/C25H28N4O3/c1-17-6-7-21(24-18(17)8-9-26-24)32-25-19-14-22(30-2)23(15-20(19)27-16-28-25)31-13-5-12-29-10-3-4-11-29/h6-9,14-16,26H,3-5,10-13H2,1-2H3. The van der Waals surface area contributed by atoms with Crippen LogP contribution in [0.25, 0.3) is 21.8 Å². The van der Waals surface area contributed by atoms with Gasteiger partial charge in [0, 0.05) is 24.2 Å². The Labute approximate surface area is 187 Å². The molecular weight excluding hydrogens is 404 g/mol.